The van der Waals surface area contributed by atoms with E-state index in [0.717, 1.165) is 13.1 Å². The van der Waals surface area contributed by atoms with E-state index in [9.17, 15) is 13.6 Å². The van der Waals surface area contributed by atoms with Crippen LogP contribution in [0.1, 0.15) is 27.9 Å². The average molecular weight is 447 g/mol. The molecule has 3 aliphatic rings. The first-order valence-corrected chi connectivity index (χ1v) is 11.1. The monoisotopic (exact) mass is 447 g/mol. The van der Waals surface area contributed by atoms with Crippen molar-refractivity contribution in [3.05, 3.63) is 64.9 Å². The molecule has 2 atom stereocenters. The van der Waals surface area contributed by atoms with Gasteiger partial charge in [0, 0.05) is 41.7 Å². The summed E-state index contributed by atoms with van der Waals surface area (Å²) < 4.78 is 29.7. The van der Waals surface area contributed by atoms with Crippen molar-refractivity contribution >= 4 is 11.7 Å². The molecule has 168 valence electrons. The fraction of sp³-hybridized carbons (Fsp3) is 0.320. The summed E-state index contributed by atoms with van der Waals surface area (Å²) in [6.45, 7) is 2.61. The van der Waals surface area contributed by atoms with E-state index >= 15 is 0 Å². The zero-order valence-corrected chi connectivity index (χ0v) is 18.2. The minimum atomic E-state index is -0.801. The fourth-order valence-corrected chi connectivity index (χ4v) is 5.57. The number of nitrogen functional groups attached to an aromatic ring is 1. The van der Waals surface area contributed by atoms with E-state index < -0.39 is 11.8 Å². The van der Waals surface area contributed by atoms with Gasteiger partial charge in [-0.05, 0) is 49.1 Å². The second-order valence-electron chi connectivity index (χ2n) is 9.42. The number of carbonyl (C=O) groups excluding carboxylic acids is 1. The SMILES string of the molecule is CN1C[C@@H]2C[C@]2(c2ccc(-c3nc(-c4cc5c(cc4F)C(=O)NCC5)c(N)nc3F)cc2)C1. The van der Waals surface area contributed by atoms with E-state index in [1.54, 1.807) is 6.07 Å². The van der Waals surface area contributed by atoms with Crippen LogP contribution in [0.15, 0.2) is 36.4 Å². The minimum absolute atomic E-state index is 0.0222. The Morgan fingerprint density at radius 2 is 1.91 bits per heavy atom. The number of benzene rings is 2. The molecule has 1 saturated heterocycles. The van der Waals surface area contributed by atoms with Crippen LogP contribution in [0.2, 0.25) is 0 Å². The van der Waals surface area contributed by atoms with Crippen LogP contribution in [-0.2, 0) is 11.8 Å². The van der Waals surface area contributed by atoms with Gasteiger partial charge in [-0.25, -0.2) is 9.37 Å². The number of amides is 1. The molecular weight excluding hydrogens is 424 g/mol. The number of likely N-dealkylation sites (tertiary alicyclic amines) is 1. The highest BCUT2D eigenvalue weighted by Gasteiger charge is 2.59. The Hall–Kier alpha value is -3.39. The summed E-state index contributed by atoms with van der Waals surface area (Å²) in [6, 6.07) is 10.5. The van der Waals surface area contributed by atoms with Crippen LogP contribution >= 0.6 is 0 Å². The molecule has 33 heavy (non-hydrogen) atoms. The van der Waals surface area contributed by atoms with Crippen LogP contribution < -0.4 is 11.1 Å². The topological polar surface area (TPSA) is 84.1 Å². The van der Waals surface area contributed by atoms with Gasteiger partial charge in [0.15, 0.2) is 5.82 Å². The number of nitrogens with zero attached hydrogens (tertiary/aromatic N) is 3. The van der Waals surface area contributed by atoms with Crippen LogP contribution in [0.25, 0.3) is 22.5 Å². The second kappa shape index (κ2) is 7.05. The number of nitrogens with one attached hydrogen (secondary N) is 1. The van der Waals surface area contributed by atoms with Gasteiger partial charge in [-0.2, -0.15) is 9.37 Å². The first-order valence-electron chi connectivity index (χ1n) is 11.1. The highest BCUT2D eigenvalue weighted by molar-refractivity contribution is 5.97. The molecule has 2 aromatic carbocycles. The van der Waals surface area contributed by atoms with Crippen molar-refractivity contribution in [2.45, 2.75) is 18.3 Å². The average Bonchev–Trinajstić information content (AvgIpc) is 3.36. The van der Waals surface area contributed by atoms with Gasteiger partial charge in [0.2, 0.25) is 5.95 Å². The van der Waals surface area contributed by atoms with Crippen LogP contribution in [0.3, 0.4) is 0 Å². The van der Waals surface area contributed by atoms with E-state index in [1.165, 1.54) is 18.1 Å². The Bertz CT molecular complexity index is 1310. The number of halogens is 2. The third-order valence-electron chi connectivity index (χ3n) is 7.30. The molecule has 0 bridgehead atoms. The van der Waals surface area contributed by atoms with Gasteiger partial charge in [0.05, 0.1) is 0 Å². The Labute approximate surface area is 189 Å². The van der Waals surface area contributed by atoms with Crippen molar-refractivity contribution in [2.24, 2.45) is 5.92 Å². The van der Waals surface area contributed by atoms with E-state index in [-0.39, 0.29) is 34.1 Å². The first kappa shape index (κ1) is 20.2. The summed E-state index contributed by atoms with van der Waals surface area (Å²) >= 11 is 0. The Morgan fingerprint density at radius 3 is 2.64 bits per heavy atom. The fourth-order valence-electron chi connectivity index (χ4n) is 5.57. The molecule has 1 aromatic heterocycles. The maximum Gasteiger partial charge on any atom is 0.251 e. The lowest BCUT2D eigenvalue weighted by atomic mass is 9.93. The predicted molar refractivity (Wildman–Crippen MR) is 121 cm³/mol. The zero-order chi connectivity index (χ0) is 22.9. The molecule has 8 heteroatoms. The van der Waals surface area contributed by atoms with E-state index in [0.29, 0.717) is 35.6 Å². The number of likely N-dealkylation sites (N-methyl/N-ethyl adjacent to an activating group) is 1. The third kappa shape index (κ3) is 3.12. The quantitative estimate of drug-likeness (QED) is 0.645. The number of nitrogens with two attached hydrogens (primary N) is 1. The van der Waals surface area contributed by atoms with Crippen LogP contribution in [0, 0.1) is 17.7 Å². The minimum Gasteiger partial charge on any atom is -0.382 e. The number of hydrogen-bond acceptors (Lipinski definition) is 5. The number of hydrogen-bond donors (Lipinski definition) is 2. The Balaban J connectivity index is 1.39. The Morgan fingerprint density at radius 1 is 1.12 bits per heavy atom. The number of piperidine rings is 1. The lowest BCUT2D eigenvalue weighted by Crippen LogP contribution is -2.32. The highest BCUT2D eigenvalue weighted by atomic mass is 19.1. The van der Waals surface area contributed by atoms with Gasteiger partial charge >= 0.3 is 0 Å². The summed E-state index contributed by atoms with van der Waals surface area (Å²) in [5.41, 5.74) is 9.17. The van der Waals surface area contributed by atoms with Gasteiger partial charge in [0.25, 0.3) is 5.91 Å². The third-order valence-corrected chi connectivity index (χ3v) is 7.30. The van der Waals surface area contributed by atoms with Gasteiger partial charge in [-0.15, -0.1) is 0 Å². The molecule has 2 aliphatic heterocycles. The molecule has 1 saturated carbocycles. The molecule has 2 fully saturated rings. The molecular formula is C25H23F2N5O. The summed E-state index contributed by atoms with van der Waals surface area (Å²) in [4.78, 5) is 22.6. The lowest BCUT2D eigenvalue weighted by Gasteiger charge is -2.18. The standard InChI is InChI=1S/C25H23F2N5O/c1-32-11-16-10-25(16,12-32)15-4-2-13(3-5-15)20-22(27)31-23(28)21(30-20)18-8-14-6-7-29-24(33)17(14)9-19(18)26/h2-5,8-9,16H,6-7,10-12H2,1H3,(H2,28,31)(H,29,33)/t16-,25+/m0/s1. The first-order chi connectivity index (χ1) is 15.9. The highest BCUT2D eigenvalue weighted by Crippen LogP contribution is 2.58. The Kier molecular flexibility index (Phi) is 4.32. The number of anilines is 1. The van der Waals surface area contributed by atoms with Gasteiger partial charge in [0.1, 0.15) is 17.2 Å². The number of aromatic nitrogens is 2. The predicted octanol–water partition coefficient (Wildman–Crippen LogP) is 3.16. The van der Waals surface area contributed by atoms with Crippen molar-refractivity contribution in [3.63, 3.8) is 0 Å². The van der Waals surface area contributed by atoms with Crippen molar-refractivity contribution in [1.82, 2.24) is 20.2 Å². The maximum atomic E-state index is 15.0. The molecule has 6 rings (SSSR count). The number of fused-ring (bicyclic) bond motifs is 2. The smallest absolute Gasteiger partial charge is 0.251 e. The molecule has 3 aromatic rings. The summed E-state index contributed by atoms with van der Waals surface area (Å²) in [5, 5.41) is 2.70. The summed E-state index contributed by atoms with van der Waals surface area (Å²) in [6.07, 6.45) is 1.75. The van der Waals surface area contributed by atoms with Crippen molar-refractivity contribution in [3.8, 4) is 22.5 Å². The second-order valence-corrected chi connectivity index (χ2v) is 9.42. The van der Waals surface area contributed by atoms with Gasteiger partial charge in [-0.3, -0.25) is 4.79 Å². The largest absolute Gasteiger partial charge is 0.382 e. The van der Waals surface area contributed by atoms with E-state index in [1.807, 2.05) is 24.3 Å². The molecule has 0 radical (unpaired) electrons. The van der Waals surface area contributed by atoms with Crippen LogP contribution in [0.4, 0.5) is 14.6 Å². The number of carbonyl (C=O) groups is 1. The van der Waals surface area contributed by atoms with Gasteiger partial charge in [-0.1, -0.05) is 24.3 Å². The van der Waals surface area contributed by atoms with E-state index in [2.05, 4.69) is 27.2 Å². The molecule has 0 spiro atoms. The van der Waals surface area contributed by atoms with Crippen LogP contribution in [-0.4, -0.2) is 47.5 Å². The zero-order valence-electron chi connectivity index (χ0n) is 18.2. The maximum absolute atomic E-state index is 15.0. The normalized spacial score (nSPS) is 23.7. The molecule has 0 unspecified atom stereocenters. The lowest BCUT2D eigenvalue weighted by molar-refractivity contribution is 0.0945. The summed E-state index contributed by atoms with van der Waals surface area (Å²) in [7, 11) is 2.13. The summed E-state index contributed by atoms with van der Waals surface area (Å²) in [5.74, 6) is -1.28. The van der Waals surface area contributed by atoms with Crippen molar-refractivity contribution in [2.75, 3.05) is 32.4 Å². The van der Waals surface area contributed by atoms with Crippen molar-refractivity contribution in [1.29, 1.82) is 0 Å². The molecule has 1 amide bonds. The number of rotatable bonds is 3. The molecule has 3 N–H and O–H groups in total. The van der Waals surface area contributed by atoms with E-state index in [4.69, 9.17) is 5.73 Å². The molecule has 3 heterocycles. The van der Waals surface area contributed by atoms with Gasteiger partial charge < -0.3 is 16.0 Å². The molecule has 6 nitrogen and oxygen atoms in total. The molecule has 1 aliphatic carbocycles. The van der Waals surface area contributed by atoms with Crippen LogP contribution in [0.5, 0.6) is 0 Å². The van der Waals surface area contributed by atoms with Crippen molar-refractivity contribution < 1.29 is 13.6 Å².